The van der Waals surface area contributed by atoms with Crippen LogP contribution in [0.3, 0.4) is 0 Å². The van der Waals surface area contributed by atoms with Gasteiger partial charge in [-0.1, -0.05) is 24.3 Å². The van der Waals surface area contributed by atoms with E-state index in [0.717, 1.165) is 16.7 Å². The van der Waals surface area contributed by atoms with Crippen LogP contribution in [0.4, 0.5) is 8.78 Å². The summed E-state index contributed by atoms with van der Waals surface area (Å²) in [6.07, 6.45) is 4.64. The van der Waals surface area contributed by atoms with Crippen molar-refractivity contribution in [1.82, 2.24) is 20.2 Å². The maximum absolute atomic E-state index is 13.3. The van der Waals surface area contributed by atoms with Crippen LogP contribution in [0.5, 0.6) is 0 Å². The second kappa shape index (κ2) is 10.6. The minimum Gasteiger partial charge on any atom is -0.447 e. The molecule has 168 valence electrons. The number of benzene rings is 2. The number of rotatable bonds is 9. The van der Waals surface area contributed by atoms with Gasteiger partial charge in [0.05, 0.1) is 6.54 Å². The average molecular weight is 448 g/mol. The topological polar surface area (TPSA) is 71.3 Å². The predicted octanol–water partition coefficient (Wildman–Crippen LogP) is 4.48. The third kappa shape index (κ3) is 6.54. The number of pyridine rings is 1. The Hall–Kier alpha value is -3.91. The van der Waals surface area contributed by atoms with Crippen molar-refractivity contribution in [3.05, 3.63) is 119 Å². The van der Waals surface area contributed by atoms with Crippen LogP contribution in [-0.2, 0) is 26.2 Å². The molecule has 2 aromatic heterocycles. The third-order valence-electron chi connectivity index (χ3n) is 4.98. The van der Waals surface area contributed by atoms with Gasteiger partial charge in [-0.15, -0.1) is 0 Å². The molecule has 8 heteroatoms. The van der Waals surface area contributed by atoms with E-state index in [4.69, 9.17) is 4.42 Å². The van der Waals surface area contributed by atoms with E-state index < -0.39 is 0 Å². The average Bonchev–Trinajstić information content (AvgIpc) is 3.30. The summed E-state index contributed by atoms with van der Waals surface area (Å²) in [5.41, 5.74) is 2.91. The summed E-state index contributed by atoms with van der Waals surface area (Å²) in [4.78, 5) is 22.7. The number of halogens is 2. The lowest BCUT2D eigenvalue weighted by atomic mass is 10.1. The van der Waals surface area contributed by atoms with E-state index in [1.165, 1.54) is 30.5 Å². The molecule has 0 atom stereocenters. The van der Waals surface area contributed by atoms with Gasteiger partial charge < -0.3 is 9.73 Å². The summed E-state index contributed by atoms with van der Waals surface area (Å²) in [6.45, 7) is 1.64. The first kappa shape index (κ1) is 22.3. The Bertz CT molecular complexity index is 1130. The Morgan fingerprint density at radius 1 is 0.818 bits per heavy atom. The highest BCUT2D eigenvalue weighted by atomic mass is 19.1. The van der Waals surface area contributed by atoms with Gasteiger partial charge in [0.1, 0.15) is 17.9 Å². The first-order chi connectivity index (χ1) is 16.0. The lowest BCUT2D eigenvalue weighted by molar-refractivity contribution is 0.0945. The molecule has 0 unspecified atom stereocenters. The quantitative estimate of drug-likeness (QED) is 0.409. The summed E-state index contributed by atoms with van der Waals surface area (Å²) in [5, 5.41) is 2.80. The fourth-order valence-corrected chi connectivity index (χ4v) is 3.32. The molecule has 0 aliphatic carbocycles. The van der Waals surface area contributed by atoms with Gasteiger partial charge in [-0.05, 0) is 53.1 Å². The number of aromatic nitrogens is 2. The molecule has 0 bridgehead atoms. The van der Waals surface area contributed by atoms with Crippen LogP contribution in [0.2, 0.25) is 0 Å². The van der Waals surface area contributed by atoms with Gasteiger partial charge in [-0.25, -0.2) is 13.8 Å². The molecule has 33 heavy (non-hydrogen) atoms. The molecule has 0 saturated heterocycles. The van der Waals surface area contributed by atoms with Gasteiger partial charge in [-0.2, -0.15) is 0 Å². The number of hydrogen-bond donors (Lipinski definition) is 1. The van der Waals surface area contributed by atoms with Crippen molar-refractivity contribution in [3.63, 3.8) is 0 Å². The molecule has 2 aromatic carbocycles. The number of carbonyl (C=O) groups excluding carboxylic acids is 1. The van der Waals surface area contributed by atoms with E-state index in [1.54, 1.807) is 36.7 Å². The Morgan fingerprint density at radius 2 is 1.39 bits per heavy atom. The van der Waals surface area contributed by atoms with Crippen molar-refractivity contribution < 1.29 is 18.0 Å². The molecular weight excluding hydrogens is 426 g/mol. The molecule has 2 heterocycles. The predicted molar refractivity (Wildman–Crippen MR) is 118 cm³/mol. The molecule has 0 aliphatic rings. The van der Waals surface area contributed by atoms with Crippen molar-refractivity contribution in [1.29, 1.82) is 0 Å². The molecule has 4 rings (SSSR count). The van der Waals surface area contributed by atoms with E-state index in [9.17, 15) is 13.6 Å². The first-order valence-corrected chi connectivity index (χ1v) is 10.4. The van der Waals surface area contributed by atoms with Crippen LogP contribution < -0.4 is 5.32 Å². The van der Waals surface area contributed by atoms with E-state index >= 15 is 0 Å². The Balaban J connectivity index is 1.43. The summed E-state index contributed by atoms with van der Waals surface area (Å²) < 4.78 is 32.1. The number of hydrogen-bond acceptors (Lipinski definition) is 5. The van der Waals surface area contributed by atoms with Crippen LogP contribution >= 0.6 is 0 Å². The van der Waals surface area contributed by atoms with Crippen LogP contribution in [-0.4, -0.2) is 20.8 Å². The second-order valence-corrected chi connectivity index (χ2v) is 7.56. The van der Waals surface area contributed by atoms with Crippen LogP contribution in [0, 0.1) is 11.6 Å². The number of oxazole rings is 1. The molecule has 4 aromatic rings. The molecule has 0 aliphatic heterocycles. The van der Waals surface area contributed by atoms with Gasteiger partial charge in [0, 0.05) is 32.0 Å². The van der Waals surface area contributed by atoms with Crippen molar-refractivity contribution in [3.8, 4) is 0 Å². The van der Waals surface area contributed by atoms with E-state index in [2.05, 4.69) is 15.3 Å². The zero-order valence-electron chi connectivity index (χ0n) is 17.7. The number of nitrogens with zero attached hydrogens (tertiary/aromatic N) is 3. The number of carbonyl (C=O) groups is 1. The number of nitrogens with one attached hydrogen (secondary N) is 1. The fraction of sp³-hybridized carbons (Fsp3) is 0.160. The number of amides is 1. The van der Waals surface area contributed by atoms with Crippen LogP contribution in [0.15, 0.2) is 83.7 Å². The maximum atomic E-state index is 13.3. The van der Waals surface area contributed by atoms with Crippen molar-refractivity contribution >= 4 is 5.91 Å². The van der Waals surface area contributed by atoms with E-state index in [-0.39, 0.29) is 23.2 Å². The van der Waals surface area contributed by atoms with Gasteiger partial charge in [0.2, 0.25) is 5.89 Å². The minimum absolute atomic E-state index is 0.183. The molecule has 0 radical (unpaired) electrons. The lowest BCUT2D eigenvalue weighted by Crippen LogP contribution is -2.24. The molecule has 0 saturated carbocycles. The van der Waals surface area contributed by atoms with Gasteiger partial charge in [0.15, 0.2) is 5.69 Å². The molecule has 1 amide bonds. The van der Waals surface area contributed by atoms with Gasteiger partial charge in [-0.3, -0.25) is 14.7 Å². The second-order valence-electron chi connectivity index (χ2n) is 7.56. The maximum Gasteiger partial charge on any atom is 0.273 e. The van der Waals surface area contributed by atoms with Gasteiger partial charge in [0.25, 0.3) is 5.91 Å². The van der Waals surface area contributed by atoms with Crippen molar-refractivity contribution in [2.75, 3.05) is 0 Å². The highest BCUT2D eigenvalue weighted by Gasteiger charge is 2.16. The van der Waals surface area contributed by atoms with Gasteiger partial charge >= 0.3 is 0 Å². The van der Waals surface area contributed by atoms with Crippen molar-refractivity contribution in [2.24, 2.45) is 0 Å². The summed E-state index contributed by atoms with van der Waals surface area (Å²) in [5.74, 6) is -0.586. The molecule has 1 N–H and O–H groups in total. The zero-order valence-corrected chi connectivity index (χ0v) is 17.7. The molecular formula is C25H22F2N4O2. The third-order valence-corrected chi connectivity index (χ3v) is 4.98. The monoisotopic (exact) mass is 448 g/mol. The summed E-state index contributed by atoms with van der Waals surface area (Å²) in [7, 11) is 0. The minimum atomic E-state index is -0.342. The first-order valence-electron chi connectivity index (χ1n) is 10.4. The Kier molecular flexibility index (Phi) is 7.16. The lowest BCUT2D eigenvalue weighted by Gasteiger charge is -2.21. The smallest absolute Gasteiger partial charge is 0.273 e. The fourth-order valence-electron chi connectivity index (χ4n) is 3.32. The Morgan fingerprint density at radius 3 is 1.97 bits per heavy atom. The standard InChI is InChI=1S/C25H22F2N4O2/c26-21-5-1-19(2-6-21)14-31(15-20-3-7-22(27)8-4-20)16-24-30-23(17-33-24)25(32)29-13-18-9-11-28-12-10-18/h1-12,17H,13-16H2,(H,29,32). The highest BCUT2D eigenvalue weighted by molar-refractivity contribution is 5.91. The molecule has 0 fully saturated rings. The molecule has 6 nitrogen and oxygen atoms in total. The normalized spacial score (nSPS) is 11.0. The largest absolute Gasteiger partial charge is 0.447 e. The van der Waals surface area contributed by atoms with Crippen LogP contribution in [0.1, 0.15) is 33.1 Å². The summed E-state index contributed by atoms with van der Waals surface area (Å²) >= 11 is 0. The van der Waals surface area contributed by atoms with E-state index in [1.807, 2.05) is 17.0 Å². The van der Waals surface area contributed by atoms with E-state index in [0.29, 0.717) is 32.1 Å². The zero-order chi connectivity index (χ0) is 23.0. The van der Waals surface area contributed by atoms with Crippen molar-refractivity contribution in [2.45, 2.75) is 26.2 Å². The Labute approximate surface area is 189 Å². The molecule has 0 spiro atoms. The highest BCUT2D eigenvalue weighted by Crippen LogP contribution is 2.15. The SMILES string of the molecule is O=C(NCc1ccncc1)c1coc(CN(Cc2ccc(F)cc2)Cc2ccc(F)cc2)n1. The van der Waals surface area contributed by atoms with Crippen LogP contribution in [0.25, 0.3) is 0 Å². The summed E-state index contributed by atoms with van der Waals surface area (Å²) in [6, 6.07) is 16.1.